The number of aliphatic hydroxyl groups is 1. The van der Waals surface area contributed by atoms with Crippen LogP contribution in [-0.4, -0.2) is 21.1 Å². The Morgan fingerprint density at radius 3 is 2.35 bits per heavy atom. The van der Waals surface area contributed by atoms with Gasteiger partial charge in [0.15, 0.2) is 0 Å². The summed E-state index contributed by atoms with van der Waals surface area (Å²) in [4.78, 5) is 1.27. The van der Waals surface area contributed by atoms with Gasteiger partial charge in [-0.3, -0.25) is 4.68 Å². The first-order valence-electron chi connectivity index (χ1n) is 8.65. The minimum Gasteiger partial charge on any atom is -0.390 e. The number of thioether (sulfide) groups is 1. The molecule has 0 bridgehead atoms. The molecule has 1 heterocycles. The molecule has 1 aromatic heterocycles. The fraction of sp³-hybridized carbons (Fsp3) is 0.526. The summed E-state index contributed by atoms with van der Waals surface area (Å²) in [5.74, 6) is 0. The maximum absolute atomic E-state index is 9.52. The molecule has 0 amide bonds. The van der Waals surface area contributed by atoms with Gasteiger partial charge in [-0.25, -0.2) is 0 Å². The van der Waals surface area contributed by atoms with Crippen LogP contribution in [0.1, 0.15) is 56.7 Å². The number of benzene rings is 1. The van der Waals surface area contributed by atoms with Crippen molar-refractivity contribution in [3.63, 3.8) is 0 Å². The van der Waals surface area contributed by atoms with Crippen molar-refractivity contribution in [1.82, 2.24) is 9.78 Å². The third-order valence-electron chi connectivity index (χ3n) is 4.75. The SMILES string of the molecule is CSc1ccc(-c2cc(CO)nn2C2CCCCCCC2)cc1. The third kappa shape index (κ3) is 3.99. The molecule has 2 aromatic rings. The maximum atomic E-state index is 9.52. The summed E-state index contributed by atoms with van der Waals surface area (Å²) in [5, 5.41) is 14.2. The number of hydrogen-bond donors (Lipinski definition) is 1. The van der Waals surface area contributed by atoms with E-state index >= 15 is 0 Å². The molecule has 0 atom stereocenters. The van der Waals surface area contributed by atoms with Crippen molar-refractivity contribution >= 4 is 11.8 Å². The quantitative estimate of drug-likeness (QED) is 0.797. The van der Waals surface area contributed by atoms with E-state index in [-0.39, 0.29) is 6.61 Å². The Bertz CT molecular complexity index is 613. The van der Waals surface area contributed by atoms with E-state index in [4.69, 9.17) is 5.10 Å². The molecule has 1 saturated carbocycles. The topological polar surface area (TPSA) is 38.1 Å². The summed E-state index contributed by atoms with van der Waals surface area (Å²) in [6, 6.07) is 11.2. The summed E-state index contributed by atoms with van der Waals surface area (Å²) in [7, 11) is 0. The fourth-order valence-corrected chi connectivity index (χ4v) is 3.87. The number of aromatic nitrogens is 2. The lowest BCUT2D eigenvalue weighted by Crippen LogP contribution is -2.14. The summed E-state index contributed by atoms with van der Waals surface area (Å²) in [6.07, 6.45) is 11.1. The lowest BCUT2D eigenvalue weighted by molar-refractivity contribution is 0.271. The number of aliphatic hydroxyl groups excluding tert-OH is 1. The molecule has 1 aliphatic rings. The molecule has 3 rings (SSSR count). The second-order valence-corrected chi connectivity index (χ2v) is 7.23. The van der Waals surface area contributed by atoms with Gasteiger partial charge in [-0.15, -0.1) is 11.8 Å². The van der Waals surface area contributed by atoms with Gasteiger partial charge in [-0.05, 0) is 42.9 Å². The molecule has 4 heteroatoms. The minimum atomic E-state index is 0.00954. The Hall–Kier alpha value is -1.26. The van der Waals surface area contributed by atoms with E-state index in [2.05, 4.69) is 35.2 Å². The second-order valence-electron chi connectivity index (χ2n) is 6.35. The van der Waals surface area contributed by atoms with E-state index < -0.39 is 0 Å². The van der Waals surface area contributed by atoms with Crippen molar-refractivity contribution in [3.05, 3.63) is 36.0 Å². The first kappa shape index (κ1) is 16.6. The van der Waals surface area contributed by atoms with Gasteiger partial charge >= 0.3 is 0 Å². The zero-order valence-electron chi connectivity index (χ0n) is 13.9. The van der Waals surface area contributed by atoms with Gasteiger partial charge in [0.25, 0.3) is 0 Å². The van der Waals surface area contributed by atoms with E-state index in [1.165, 1.54) is 55.4 Å². The second kappa shape index (κ2) is 8.02. The molecule has 1 aromatic carbocycles. The highest BCUT2D eigenvalue weighted by Crippen LogP contribution is 2.32. The van der Waals surface area contributed by atoms with Crippen LogP contribution in [0.3, 0.4) is 0 Å². The molecule has 1 aliphatic carbocycles. The van der Waals surface area contributed by atoms with Crippen LogP contribution in [0.15, 0.2) is 35.2 Å². The molecule has 3 nitrogen and oxygen atoms in total. The van der Waals surface area contributed by atoms with Gasteiger partial charge in [0.05, 0.1) is 24.0 Å². The van der Waals surface area contributed by atoms with Crippen molar-refractivity contribution in [2.24, 2.45) is 0 Å². The van der Waals surface area contributed by atoms with Crippen LogP contribution < -0.4 is 0 Å². The number of hydrogen-bond acceptors (Lipinski definition) is 3. The van der Waals surface area contributed by atoms with Crippen molar-refractivity contribution in [3.8, 4) is 11.3 Å². The van der Waals surface area contributed by atoms with Crippen molar-refractivity contribution < 1.29 is 5.11 Å². The zero-order valence-corrected chi connectivity index (χ0v) is 14.7. The molecule has 124 valence electrons. The van der Waals surface area contributed by atoms with Gasteiger partial charge in [0.1, 0.15) is 0 Å². The van der Waals surface area contributed by atoms with Crippen molar-refractivity contribution in [1.29, 1.82) is 0 Å². The van der Waals surface area contributed by atoms with Crippen LogP contribution in [0.2, 0.25) is 0 Å². The smallest absolute Gasteiger partial charge is 0.0885 e. The van der Waals surface area contributed by atoms with Gasteiger partial charge in [0.2, 0.25) is 0 Å². The normalized spacial score (nSPS) is 17.0. The van der Waals surface area contributed by atoms with Crippen LogP contribution in [0.4, 0.5) is 0 Å². The molecule has 0 radical (unpaired) electrons. The molecule has 1 fully saturated rings. The van der Waals surface area contributed by atoms with Crippen molar-refractivity contribution in [2.75, 3.05) is 6.26 Å². The van der Waals surface area contributed by atoms with Gasteiger partial charge in [0, 0.05) is 4.90 Å². The Morgan fingerprint density at radius 1 is 1.09 bits per heavy atom. The summed E-state index contributed by atoms with van der Waals surface area (Å²) < 4.78 is 2.19. The standard InChI is InChI=1S/C19H26N2OS/c1-23-18-11-9-15(10-12-18)19-13-16(14-22)20-21(19)17-7-5-3-2-4-6-8-17/h9-13,17,22H,2-8,14H2,1H3. The Labute approximate surface area is 143 Å². The Morgan fingerprint density at radius 2 is 1.74 bits per heavy atom. The fourth-order valence-electron chi connectivity index (χ4n) is 3.46. The molecule has 0 unspecified atom stereocenters. The molecular formula is C19H26N2OS. The average Bonchev–Trinajstić information content (AvgIpc) is 2.99. The van der Waals surface area contributed by atoms with Gasteiger partial charge < -0.3 is 5.11 Å². The Kier molecular flexibility index (Phi) is 5.79. The highest BCUT2D eigenvalue weighted by atomic mass is 32.2. The lowest BCUT2D eigenvalue weighted by Gasteiger charge is -2.22. The minimum absolute atomic E-state index is 0.00954. The highest BCUT2D eigenvalue weighted by Gasteiger charge is 2.19. The van der Waals surface area contributed by atoms with E-state index in [1.54, 1.807) is 11.8 Å². The predicted octanol–water partition coefficient (Wildman–Crippen LogP) is 5.05. The summed E-state index contributed by atoms with van der Waals surface area (Å²) in [6.45, 7) is 0.00954. The van der Waals surface area contributed by atoms with Crippen LogP contribution in [0, 0.1) is 0 Å². The van der Waals surface area contributed by atoms with E-state index in [0.29, 0.717) is 6.04 Å². The summed E-state index contributed by atoms with van der Waals surface area (Å²) >= 11 is 1.76. The number of rotatable bonds is 4. The first-order chi connectivity index (χ1) is 11.3. The monoisotopic (exact) mass is 330 g/mol. The average molecular weight is 330 g/mol. The zero-order chi connectivity index (χ0) is 16.1. The Balaban J connectivity index is 1.93. The van der Waals surface area contributed by atoms with Crippen LogP contribution in [0.25, 0.3) is 11.3 Å². The first-order valence-corrected chi connectivity index (χ1v) is 9.88. The van der Waals surface area contributed by atoms with Crippen LogP contribution in [-0.2, 0) is 6.61 Å². The van der Waals surface area contributed by atoms with E-state index in [1.807, 2.05) is 6.07 Å². The molecule has 0 saturated heterocycles. The molecule has 23 heavy (non-hydrogen) atoms. The predicted molar refractivity (Wildman–Crippen MR) is 96.7 cm³/mol. The largest absolute Gasteiger partial charge is 0.390 e. The van der Waals surface area contributed by atoms with Crippen molar-refractivity contribution in [2.45, 2.75) is 62.5 Å². The van der Waals surface area contributed by atoms with Crippen LogP contribution in [0.5, 0.6) is 0 Å². The number of nitrogens with zero attached hydrogens (tertiary/aromatic N) is 2. The lowest BCUT2D eigenvalue weighted by atomic mass is 9.96. The van der Waals surface area contributed by atoms with E-state index in [0.717, 1.165) is 11.4 Å². The van der Waals surface area contributed by atoms with Crippen LogP contribution >= 0.6 is 11.8 Å². The van der Waals surface area contributed by atoms with Gasteiger partial charge in [-0.1, -0.05) is 44.2 Å². The molecule has 1 N–H and O–H groups in total. The molecule has 0 spiro atoms. The maximum Gasteiger partial charge on any atom is 0.0885 e. The van der Waals surface area contributed by atoms with Gasteiger partial charge in [-0.2, -0.15) is 5.10 Å². The molecular weight excluding hydrogens is 304 g/mol. The third-order valence-corrected chi connectivity index (χ3v) is 5.50. The highest BCUT2D eigenvalue weighted by molar-refractivity contribution is 7.98. The molecule has 0 aliphatic heterocycles. The van der Waals surface area contributed by atoms with E-state index in [9.17, 15) is 5.11 Å². The summed E-state index contributed by atoms with van der Waals surface area (Å²) in [5.41, 5.74) is 3.11.